The Kier molecular flexibility index (Phi) is 3.36. The maximum Gasteiger partial charge on any atom is 0.416 e. The predicted molar refractivity (Wildman–Crippen MR) is 47.7 cm³/mol. The number of alkyl halides is 3. The van der Waals surface area contributed by atoms with E-state index in [0.29, 0.717) is 6.07 Å². The first kappa shape index (κ1) is 12.3. The number of hydrogen-bond donors (Lipinski definition) is 0. The molecule has 0 atom stereocenters. The average Bonchev–Trinajstić information content (AvgIpc) is 2.19. The molecule has 16 heavy (non-hydrogen) atoms. The van der Waals surface area contributed by atoms with E-state index in [1.54, 1.807) is 0 Å². The van der Waals surface area contributed by atoms with Gasteiger partial charge >= 0.3 is 12.1 Å². The maximum atomic E-state index is 12.2. The van der Waals surface area contributed by atoms with Gasteiger partial charge in [-0.3, -0.25) is 9.59 Å². The zero-order chi connectivity index (χ0) is 12.3. The molecule has 0 N–H and O–H groups in total. The Morgan fingerprint density at radius 1 is 1.50 bits per heavy atom. The van der Waals surface area contributed by atoms with Gasteiger partial charge in [0.15, 0.2) is 0 Å². The van der Waals surface area contributed by atoms with Crippen LogP contribution < -0.4 is 5.56 Å². The first-order valence-electron chi connectivity index (χ1n) is 4.19. The van der Waals surface area contributed by atoms with Crippen LogP contribution in [0.25, 0.3) is 0 Å². The van der Waals surface area contributed by atoms with Crippen molar-refractivity contribution in [2.45, 2.75) is 12.7 Å². The first-order valence-corrected chi connectivity index (χ1v) is 4.19. The summed E-state index contributed by atoms with van der Waals surface area (Å²) in [5.41, 5.74) is -1.95. The molecule has 1 aromatic rings. The molecule has 1 heterocycles. The summed E-state index contributed by atoms with van der Waals surface area (Å²) in [7, 11) is 1.12. The normalized spacial score (nSPS) is 11.2. The van der Waals surface area contributed by atoms with Crippen LogP contribution in [0, 0.1) is 0 Å². The van der Waals surface area contributed by atoms with Crippen LogP contribution in [0.15, 0.2) is 23.1 Å². The number of halogens is 3. The number of hydrogen-bond acceptors (Lipinski definition) is 3. The fourth-order valence-electron chi connectivity index (χ4n) is 1.02. The minimum absolute atomic E-state index is 0.409. The molecule has 0 bridgehead atoms. The molecule has 88 valence electrons. The van der Waals surface area contributed by atoms with E-state index >= 15 is 0 Å². The van der Waals surface area contributed by atoms with Gasteiger partial charge in [0.2, 0.25) is 0 Å². The number of carbonyl (C=O) groups is 1. The van der Waals surface area contributed by atoms with Gasteiger partial charge in [0.25, 0.3) is 5.56 Å². The lowest BCUT2D eigenvalue weighted by molar-refractivity contribution is -0.141. The largest absolute Gasteiger partial charge is 0.468 e. The topological polar surface area (TPSA) is 48.3 Å². The van der Waals surface area contributed by atoms with Crippen molar-refractivity contribution >= 4 is 5.97 Å². The van der Waals surface area contributed by atoms with Crippen LogP contribution in [0.4, 0.5) is 13.2 Å². The average molecular weight is 235 g/mol. The van der Waals surface area contributed by atoms with Crippen molar-refractivity contribution in [1.82, 2.24) is 4.57 Å². The maximum absolute atomic E-state index is 12.2. The van der Waals surface area contributed by atoms with Crippen molar-refractivity contribution in [3.8, 4) is 0 Å². The Morgan fingerprint density at radius 3 is 2.56 bits per heavy atom. The van der Waals surface area contributed by atoms with E-state index < -0.39 is 29.8 Å². The Balaban J connectivity index is 3.01. The third-order valence-electron chi connectivity index (χ3n) is 1.85. The summed E-state index contributed by atoms with van der Waals surface area (Å²) in [4.78, 5) is 22.0. The number of methoxy groups -OCH3 is 1. The number of nitrogens with zero attached hydrogens (tertiary/aromatic N) is 1. The fourth-order valence-corrected chi connectivity index (χ4v) is 1.02. The SMILES string of the molecule is COC(=O)Cn1ccc(C(F)(F)F)cc1=O. The van der Waals surface area contributed by atoms with E-state index in [2.05, 4.69) is 4.74 Å². The van der Waals surface area contributed by atoms with Gasteiger partial charge < -0.3 is 9.30 Å². The summed E-state index contributed by atoms with van der Waals surface area (Å²) < 4.78 is 41.7. The fraction of sp³-hybridized carbons (Fsp3) is 0.333. The minimum Gasteiger partial charge on any atom is -0.468 e. The van der Waals surface area contributed by atoms with Crippen molar-refractivity contribution in [3.63, 3.8) is 0 Å². The Hall–Kier alpha value is -1.79. The third-order valence-corrected chi connectivity index (χ3v) is 1.85. The molecule has 0 radical (unpaired) electrons. The van der Waals surface area contributed by atoms with Gasteiger partial charge in [-0.15, -0.1) is 0 Å². The van der Waals surface area contributed by atoms with Crippen LogP contribution in [0.5, 0.6) is 0 Å². The highest BCUT2D eigenvalue weighted by atomic mass is 19.4. The molecule has 4 nitrogen and oxygen atoms in total. The molecule has 0 saturated carbocycles. The molecule has 0 saturated heterocycles. The van der Waals surface area contributed by atoms with E-state index in [1.807, 2.05) is 0 Å². The highest BCUT2D eigenvalue weighted by molar-refractivity contribution is 5.68. The van der Waals surface area contributed by atoms with E-state index in [4.69, 9.17) is 0 Å². The lowest BCUT2D eigenvalue weighted by Gasteiger charge is -2.08. The lowest BCUT2D eigenvalue weighted by atomic mass is 10.2. The summed E-state index contributed by atoms with van der Waals surface area (Å²) in [6.45, 7) is -0.409. The zero-order valence-corrected chi connectivity index (χ0v) is 8.25. The van der Waals surface area contributed by atoms with E-state index in [1.165, 1.54) is 0 Å². The molecule has 0 aliphatic carbocycles. The molecule has 0 fully saturated rings. The standard InChI is InChI=1S/C9H8F3NO3/c1-16-8(15)5-13-3-2-6(4-7(13)14)9(10,11)12/h2-4H,5H2,1H3. The van der Waals surface area contributed by atoms with Crippen molar-refractivity contribution in [2.75, 3.05) is 7.11 Å². The second-order valence-corrected chi connectivity index (χ2v) is 2.96. The third kappa shape index (κ3) is 2.85. The summed E-state index contributed by atoms with van der Waals surface area (Å²) in [6, 6.07) is 1.16. The number of aromatic nitrogens is 1. The molecule has 1 rings (SSSR count). The zero-order valence-electron chi connectivity index (χ0n) is 8.25. The van der Waals surface area contributed by atoms with Gasteiger partial charge in [-0.1, -0.05) is 0 Å². The van der Waals surface area contributed by atoms with Crippen molar-refractivity contribution < 1.29 is 22.7 Å². The Morgan fingerprint density at radius 2 is 2.12 bits per heavy atom. The second-order valence-electron chi connectivity index (χ2n) is 2.96. The molecule has 0 unspecified atom stereocenters. The van der Waals surface area contributed by atoms with Crippen molar-refractivity contribution in [3.05, 3.63) is 34.2 Å². The van der Waals surface area contributed by atoms with Crippen LogP contribution in [0.3, 0.4) is 0 Å². The van der Waals surface area contributed by atoms with Gasteiger partial charge in [0.1, 0.15) is 6.54 Å². The van der Waals surface area contributed by atoms with Gasteiger partial charge in [0.05, 0.1) is 12.7 Å². The van der Waals surface area contributed by atoms with Gasteiger partial charge in [-0.25, -0.2) is 0 Å². The van der Waals surface area contributed by atoms with E-state index in [-0.39, 0.29) is 0 Å². The van der Waals surface area contributed by atoms with Crippen molar-refractivity contribution in [2.24, 2.45) is 0 Å². The molecule has 0 aliphatic heterocycles. The quantitative estimate of drug-likeness (QED) is 0.719. The van der Waals surface area contributed by atoms with E-state index in [9.17, 15) is 22.8 Å². The van der Waals surface area contributed by atoms with Gasteiger partial charge in [-0.05, 0) is 6.07 Å². The molecule has 0 amide bonds. The Labute approximate surface area is 88.3 Å². The smallest absolute Gasteiger partial charge is 0.416 e. The summed E-state index contributed by atoms with van der Waals surface area (Å²) in [5.74, 6) is -0.707. The highest BCUT2D eigenvalue weighted by Crippen LogP contribution is 2.27. The number of carbonyl (C=O) groups excluding carboxylic acids is 1. The molecule has 1 aromatic heterocycles. The monoisotopic (exact) mass is 235 g/mol. The first-order chi connectivity index (χ1) is 7.34. The second kappa shape index (κ2) is 4.38. The number of pyridine rings is 1. The minimum atomic E-state index is -4.57. The van der Waals surface area contributed by atoms with Crippen LogP contribution >= 0.6 is 0 Å². The molecule has 0 spiro atoms. The van der Waals surface area contributed by atoms with Crippen LogP contribution in [-0.2, 0) is 22.3 Å². The molecule has 0 aliphatic rings. The van der Waals surface area contributed by atoms with Crippen LogP contribution in [-0.4, -0.2) is 17.6 Å². The highest BCUT2D eigenvalue weighted by Gasteiger charge is 2.30. The molecular formula is C9H8F3NO3. The molecular weight excluding hydrogens is 227 g/mol. The predicted octanol–water partition coefficient (Wildman–Crippen LogP) is 1.04. The summed E-state index contributed by atoms with van der Waals surface area (Å²) >= 11 is 0. The summed E-state index contributed by atoms with van der Waals surface area (Å²) in [6.07, 6.45) is -3.66. The Bertz CT molecular complexity index is 450. The van der Waals surface area contributed by atoms with Gasteiger partial charge in [-0.2, -0.15) is 13.2 Å². The summed E-state index contributed by atoms with van der Waals surface area (Å²) in [5, 5.41) is 0. The number of esters is 1. The van der Waals surface area contributed by atoms with Crippen molar-refractivity contribution in [1.29, 1.82) is 0 Å². The number of ether oxygens (including phenoxy) is 1. The van der Waals surface area contributed by atoms with Crippen LogP contribution in [0.1, 0.15) is 5.56 Å². The number of rotatable bonds is 2. The molecule has 7 heteroatoms. The van der Waals surface area contributed by atoms with Gasteiger partial charge in [0, 0.05) is 12.3 Å². The molecule has 0 aromatic carbocycles. The van der Waals surface area contributed by atoms with Crippen LogP contribution in [0.2, 0.25) is 0 Å². The van der Waals surface area contributed by atoms with E-state index in [0.717, 1.165) is 23.9 Å². The lowest BCUT2D eigenvalue weighted by Crippen LogP contribution is -2.25.